The molecule has 3 aromatic heterocycles. The van der Waals surface area contributed by atoms with Crippen molar-refractivity contribution in [2.75, 3.05) is 19.6 Å². The number of benzene rings is 1. The minimum absolute atomic E-state index is 0.718. The maximum atomic E-state index is 4.62. The molecule has 0 aliphatic carbocycles. The van der Waals surface area contributed by atoms with Gasteiger partial charge in [-0.15, -0.1) is 0 Å². The van der Waals surface area contributed by atoms with Gasteiger partial charge in [-0.25, -0.2) is 9.97 Å². The van der Waals surface area contributed by atoms with Crippen LogP contribution in [0.25, 0.3) is 33.6 Å². The molecule has 1 aliphatic heterocycles. The van der Waals surface area contributed by atoms with Gasteiger partial charge in [-0.1, -0.05) is 18.2 Å². The Hall–Kier alpha value is -3.32. The zero-order chi connectivity index (χ0) is 21.0. The number of hydrogen-bond acceptors (Lipinski definition) is 5. The summed E-state index contributed by atoms with van der Waals surface area (Å²) < 4.78 is 3.94. The largest absolute Gasteiger partial charge is 0.301 e. The van der Waals surface area contributed by atoms with Crippen molar-refractivity contribution in [1.82, 2.24) is 34.4 Å². The molecule has 31 heavy (non-hydrogen) atoms. The van der Waals surface area contributed by atoms with Crippen LogP contribution in [0.1, 0.15) is 19.8 Å². The molecule has 5 rings (SSSR count). The molecule has 0 radical (unpaired) electrons. The highest BCUT2D eigenvalue weighted by atomic mass is 15.3. The summed E-state index contributed by atoms with van der Waals surface area (Å²) in [4.78, 5) is 11.7. The molecule has 1 fully saturated rings. The zero-order valence-corrected chi connectivity index (χ0v) is 17.9. The molecule has 0 spiro atoms. The highest BCUT2D eigenvalue weighted by Crippen LogP contribution is 2.25. The van der Waals surface area contributed by atoms with Crippen LogP contribution in [0.3, 0.4) is 0 Å². The minimum Gasteiger partial charge on any atom is -0.301 e. The smallest absolute Gasteiger partial charge is 0.159 e. The first kappa shape index (κ1) is 19.6. The predicted molar refractivity (Wildman–Crippen MR) is 121 cm³/mol. The lowest BCUT2D eigenvalue weighted by molar-refractivity contribution is 0.316. The molecule has 7 heteroatoms. The van der Waals surface area contributed by atoms with Gasteiger partial charge in [0.05, 0.1) is 18.9 Å². The highest BCUT2D eigenvalue weighted by Gasteiger charge is 2.12. The summed E-state index contributed by atoms with van der Waals surface area (Å²) in [6, 6.07) is 8.28. The number of likely N-dealkylation sites (tertiary alicyclic amines) is 1. The van der Waals surface area contributed by atoms with Crippen molar-refractivity contribution in [1.29, 1.82) is 0 Å². The summed E-state index contributed by atoms with van der Waals surface area (Å²) in [5.41, 5.74) is 5.24. The van der Waals surface area contributed by atoms with Crippen LogP contribution in [0, 0.1) is 0 Å². The van der Waals surface area contributed by atoms with Crippen molar-refractivity contribution in [3.05, 3.63) is 61.4 Å². The Morgan fingerprint density at radius 3 is 2.16 bits per heavy atom. The summed E-state index contributed by atoms with van der Waals surface area (Å²) in [6.07, 6.45) is 14.3. The predicted octanol–water partition coefficient (Wildman–Crippen LogP) is 3.99. The van der Waals surface area contributed by atoms with E-state index in [1.165, 1.54) is 25.9 Å². The number of aromatic nitrogens is 6. The van der Waals surface area contributed by atoms with Gasteiger partial charge in [-0.2, -0.15) is 10.2 Å². The van der Waals surface area contributed by atoms with Crippen LogP contribution in [0.2, 0.25) is 0 Å². The van der Waals surface area contributed by atoms with E-state index in [4.69, 9.17) is 0 Å². The van der Waals surface area contributed by atoms with E-state index >= 15 is 0 Å². The van der Waals surface area contributed by atoms with Crippen molar-refractivity contribution in [2.24, 2.45) is 0 Å². The molecule has 0 amide bonds. The molecular weight excluding hydrogens is 386 g/mol. The molecule has 158 valence electrons. The Kier molecular flexibility index (Phi) is 5.58. The van der Waals surface area contributed by atoms with Crippen molar-refractivity contribution >= 4 is 0 Å². The molecule has 7 nitrogen and oxygen atoms in total. The van der Waals surface area contributed by atoms with Crippen molar-refractivity contribution in [3.8, 4) is 33.6 Å². The average Bonchev–Trinajstić information content (AvgIpc) is 3.60. The van der Waals surface area contributed by atoms with Gasteiger partial charge < -0.3 is 4.90 Å². The monoisotopic (exact) mass is 413 g/mol. The summed E-state index contributed by atoms with van der Waals surface area (Å²) in [6.45, 7) is 7.35. The molecule has 1 saturated heterocycles. The summed E-state index contributed by atoms with van der Waals surface area (Å²) >= 11 is 0. The fourth-order valence-electron chi connectivity index (χ4n) is 4.03. The van der Waals surface area contributed by atoms with E-state index in [9.17, 15) is 0 Å². The average molecular weight is 414 g/mol. The van der Waals surface area contributed by atoms with E-state index in [2.05, 4.69) is 56.5 Å². The lowest BCUT2D eigenvalue weighted by Crippen LogP contribution is -2.24. The molecule has 0 N–H and O–H groups in total. The van der Waals surface area contributed by atoms with Crippen molar-refractivity contribution < 1.29 is 0 Å². The quantitative estimate of drug-likeness (QED) is 0.458. The number of hydrogen-bond donors (Lipinski definition) is 0. The first-order chi connectivity index (χ1) is 15.3. The van der Waals surface area contributed by atoms with Gasteiger partial charge in [0, 0.05) is 60.1 Å². The first-order valence-corrected chi connectivity index (χ1v) is 11.0. The number of nitrogens with zero attached hydrogens (tertiary/aromatic N) is 7. The maximum absolute atomic E-state index is 4.62. The van der Waals surface area contributed by atoms with Crippen molar-refractivity contribution in [2.45, 2.75) is 32.9 Å². The molecule has 0 saturated carbocycles. The van der Waals surface area contributed by atoms with Crippen LogP contribution in [-0.4, -0.2) is 54.1 Å². The van der Waals surface area contributed by atoms with Crippen LogP contribution in [0.15, 0.2) is 61.4 Å². The highest BCUT2D eigenvalue weighted by molar-refractivity contribution is 5.70. The third kappa shape index (κ3) is 4.41. The Morgan fingerprint density at radius 1 is 0.742 bits per heavy atom. The van der Waals surface area contributed by atoms with E-state index in [-0.39, 0.29) is 0 Å². The second kappa shape index (κ2) is 8.81. The lowest BCUT2D eigenvalue weighted by Gasteiger charge is -2.13. The second-order valence-electron chi connectivity index (χ2n) is 8.00. The molecule has 1 aromatic carbocycles. The topological polar surface area (TPSA) is 64.7 Å². The van der Waals surface area contributed by atoms with E-state index in [0.29, 0.717) is 0 Å². The van der Waals surface area contributed by atoms with Crippen LogP contribution in [-0.2, 0) is 13.1 Å². The van der Waals surface area contributed by atoms with Gasteiger partial charge in [0.2, 0.25) is 0 Å². The van der Waals surface area contributed by atoms with Gasteiger partial charge in [0.25, 0.3) is 0 Å². The van der Waals surface area contributed by atoms with Gasteiger partial charge >= 0.3 is 0 Å². The lowest BCUT2D eigenvalue weighted by atomic mass is 10.1. The fourth-order valence-corrected chi connectivity index (χ4v) is 4.03. The van der Waals surface area contributed by atoms with Crippen LogP contribution < -0.4 is 0 Å². The Balaban J connectivity index is 1.29. The maximum Gasteiger partial charge on any atom is 0.159 e. The van der Waals surface area contributed by atoms with Gasteiger partial charge in [0.15, 0.2) is 5.82 Å². The van der Waals surface area contributed by atoms with E-state index in [1.807, 2.05) is 46.3 Å². The Morgan fingerprint density at radius 2 is 1.42 bits per heavy atom. The van der Waals surface area contributed by atoms with Gasteiger partial charge in [0.1, 0.15) is 0 Å². The number of rotatable bonds is 7. The summed E-state index contributed by atoms with van der Waals surface area (Å²) in [5, 5.41) is 8.89. The molecular formula is C24H27N7. The standard InChI is InChI=1S/C24H27N7/c1-2-30-17-22(15-27-30)19-6-5-7-20(12-19)24-25-13-21(14-26-24)23-16-28-31(18-23)11-10-29-8-3-4-9-29/h5-7,12-18H,2-4,8-11H2,1H3. The second-order valence-corrected chi connectivity index (χ2v) is 8.00. The van der Waals surface area contributed by atoms with Gasteiger partial charge in [-0.3, -0.25) is 9.36 Å². The SMILES string of the molecule is CCn1cc(-c2cccc(-c3ncc(-c4cnn(CCN5CCCC5)c4)cn3)c2)cn1. The summed E-state index contributed by atoms with van der Waals surface area (Å²) in [5.74, 6) is 0.718. The molecule has 0 bridgehead atoms. The molecule has 4 aromatic rings. The van der Waals surface area contributed by atoms with Crippen LogP contribution in [0.5, 0.6) is 0 Å². The molecule has 0 unspecified atom stereocenters. The molecule has 0 atom stereocenters. The summed E-state index contributed by atoms with van der Waals surface area (Å²) in [7, 11) is 0. The Labute approximate surface area is 182 Å². The zero-order valence-electron chi connectivity index (χ0n) is 17.9. The van der Waals surface area contributed by atoms with E-state index < -0.39 is 0 Å². The van der Waals surface area contributed by atoms with Crippen molar-refractivity contribution in [3.63, 3.8) is 0 Å². The molecule has 4 heterocycles. The molecule has 1 aliphatic rings. The number of aryl methyl sites for hydroxylation is 1. The van der Waals surface area contributed by atoms with Crippen LogP contribution in [0.4, 0.5) is 0 Å². The first-order valence-electron chi connectivity index (χ1n) is 11.0. The van der Waals surface area contributed by atoms with E-state index in [0.717, 1.165) is 53.3 Å². The third-order valence-electron chi connectivity index (χ3n) is 5.87. The van der Waals surface area contributed by atoms with Gasteiger partial charge in [-0.05, 0) is 44.5 Å². The normalized spacial score (nSPS) is 14.4. The fraction of sp³-hybridized carbons (Fsp3) is 0.333. The van der Waals surface area contributed by atoms with Crippen LogP contribution >= 0.6 is 0 Å². The Bertz CT molecular complexity index is 1140. The van der Waals surface area contributed by atoms with E-state index in [1.54, 1.807) is 0 Å². The minimum atomic E-state index is 0.718. The third-order valence-corrected chi connectivity index (χ3v) is 5.87.